The molecular formula is C32H36N4O6. The monoisotopic (exact) mass is 572 g/mol. The van der Waals surface area contributed by atoms with E-state index in [1.165, 1.54) is 12.0 Å². The van der Waals surface area contributed by atoms with Crippen LogP contribution in [0.5, 0.6) is 5.88 Å². The maximum atomic E-state index is 13.4. The Morgan fingerprint density at radius 1 is 0.929 bits per heavy atom. The average Bonchev–Trinajstić information content (AvgIpc) is 3.35. The Morgan fingerprint density at radius 3 is 2.17 bits per heavy atom. The summed E-state index contributed by atoms with van der Waals surface area (Å²) in [6.07, 6.45) is 0.710. The number of likely N-dealkylation sites (N-methyl/N-ethyl adjacent to an activating group) is 1. The third kappa shape index (κ3) is 6.52. The van der Waals surface area contributed by atoms with Gasteiger partial charge in [0.2, 0.25) is 5.91 Å². The van der Waals surface area contributed by atoms with Gasteiger partial charge < -0.3 is 34.9 Å². The van der Waals surface area contributed by atoms with Gasteiger partial charge in [0.1, 0.15) is 5.54 Å². The van der Waals surface area contributed by atoms with E-state index >= 15 is 0 Å². The average molecular weight is 573 g/mol. The van der Waals surface area contributed by atoms with E-state index in [0.717, 1.165) is 5.56 Å². The lowest BCUT2D eigenvalue weighted by Gasteiger charge is -2.32. The minimum absolute atomic E-state index is 0.0806. The van der Waals surface area contributed by atoms with Crippen LogP contribution in [0.3, 0.4) is 0 Å². The third-order valence-corrected chi connectivity index (χ3v) is 7.20. The van der Waals surface area contributed by atoms with Gasteiger partial charge in [-0.3, -0.25) is 4.79 Å². The van der Waals surface area contributed by atoms with Crippen molar-refractivity contribution in [2.24, 2.45) is 10.7 Å². The van der Waals surface area contributed by atoms with Gasteiger partial charge in [0, 0.05) is 56.6 Å². The van der Waals surface area contributed by atoms with Crippen LogP contribution in [0.15, 0.2) is 77.8 Å². The molecule has 0 spiro atoms. The van der Waals surface area contributed by atoms with Crippen molar-refractivity contribution in [3.8, 4) is 5.88 Å². The Kier molecular flexibility index (Phi) is 9.74. The highest BCUT2D eigenvalue weighted by atomic mass is 16.5. The van der Waals surface area contributed by atoms with Crippen LogP contribution in [0.2, 0.25) is 0 Å². The second-order valence-electron chi connectivity index (χ2n) is 9.95. The molecule has 0 bridgehead atoms. The number of nitrogens with one attached hydrogen (secondary N) is 1. The summed E-state index contributed by atoms with van der Waals surface area (Å²) in [5.74, 6) is -0.798. The number of methoxy groups -OCH3 is 3. The minimum atomic E-state index is -1.14. The van der Waals surface area contributed by atoms with Gasteiger partial charge in [-0.2, -0.15) is 0 Å². The maximum absolute atomic E-state index is 13.4. The zero-order valence-electron chi connectivity index (χ0n) is 24.2. The van der Waals surface area contributed by atoms with Crippen LogP contribution >= 0.6 is 0 Å². The molecule has 0 unspecified atom stereocenters. The molecule has 10 nitrogen and oxygen atoms in total. The number of aliphatic imine (C=N–C) groups is 1. The second kappa shape index (κ2) is 13.4. The van der Waals surface area contributed by atoms with Crippen molar-refractivity contribution in [3.63, 3.8) is 0 Å². The Hall–Kier alpha value is -4.51. The number of anilines is 1. The zero-order chi connectivity index (χ0) is 30.3. The largest absolute Gasteiger partial charge is 0.494 e. The molecule has 220 valence electrons. The van der Waals surface area contributed by atoms with Crippen LogP contribution in [0, 0.1) is 0 Å². The van der Waals surface area contributed by atoms with Crippen molar-refractivity contribution < 1.29 is 28.9 Å². The van der Waals surface area contributed by atoms with Crippen molar-refractivity contribution in [2.45, 2.75) is 18.4 Å². The number of nitrogens with zero attached hydrogens (tertiary/aromatic N) is 2. The fourth-order valence-corrected chi connectivity index (χ4v) is 4.77. The van der Waals surface area contributed by atoms with E-state index in [0.29, 0.717) is 65.2 Å². The van der Waals surface area contributed by atoms with E-state index in [1.54, 1.807) is 63.7 Å². The summed E-state index contributed by atoms with van der Waals surface area (Å²) in [5, 5.41) is 11.7. The molecule has 4 rings (SSSR count). The number of esters is 1. The van der Waals surface area contributed by atoms with Crippen LogP contribution < -0.4 is 10.6 Å². The van der Waals surface area contributed by atoms with Crippen LogP contribution in [0.25, 0.3) is 10.9 Å². The van der Waals surface area contributed by atoms with Gasteiger partial charge in [-0.25, -0.2) is 9.79 Å². The van der Waals surface area contributed by atoms with E-state index in [9.17, 15) is 14.7 Å². The quantitative estimate of drug-likeness (QED) is 0.167. The molecule has 0 aliphatic carbocycles. The molecule has 0 saturated heterocycles. The summed E-state index contributed by atoms with van der Waals surface area (Å²) in [6, 6.07) is 21.7. The summed E-state index contributed by atoms with van der Waals surface area (Å²) in [6.45, 7) is 0.695. The molecule has 0 aliphatic heterocycles. The second-order valence-corrected chi connectivity index (χ2v) is 9.95. The highest BCUT2D eigenvalue weighted by Gasteiger charge is 2.36. The van der Waals surface area contributed by atoms with Gasteiger partial charge in [-0.15, -0.1) is 0 Å². The first-order chi connectivity index (χ1) is 20.2. The smallest absolute Gasteiger partial charge is 0.337 e. The molecule has 0 aliphatic rings. The molecule has 0 radical (unpaired) electrons. The van der Waals surface area contributed by atoms with Gasteiger partial charge in [0.25, 0.3) is 0 Å². The molecule has 3 aromatic carbocycles. The Bertz CT molecular complexity index is 1560. The number of aromatic hydroxyl groups is 1. The van der Waals surface area contributed by atoms with Crippen LogP contribution in [0.1, 0.15) is 34.3 Å². The van der Waals surface area contributed by atoms with Gasteiger partial charge in [-0.1, -0.05) is 36.4 Å². The number of nitrogens with two attached hydrogens (primary N) is 1. The number of hydrogen-bond acceptors (Lipinski definition) is 8. The molecular weight excluding hydrogens is 536 g/mol. The lowest BCUT2D eigenvalue weighted by Crippen LogP contribution is -2.55. The number of aromatic amines is 1. The molecule has 10 heteroatoms. The Balaban J connectivity index is 1.71. The summed E-state index contributed by atoms with van der Waals surface area (Å²) in [5.41, 5.74) is 9.38. The van der Waals surface area contributed by atoms with Crippen LogP contribution in [-0.4, -0.2) is 74.8 Å². The molecule has 0 atom stereocenters. The number of fused-ring (bicyclic) bond motifs is 1. The molecule has 0 saturated carbocycles. The first kappa shape index (κ1) is 30.4. The fraction of sp³-hybridized carbons (Fsp3) is 0.281. The van der Waals surface area contributed by atoms with Crippen molar-refractivity contribution in [2.75, 3.05) is 46.5 Å². The van der Waals surface area contributed by atoms with Gasteiger partial charge in [-0.05, 0) is 49.2 Å². The Morgan fingerprint density at radius 2 is 1.57 bits per heavy atom. The molecule has 4 N–H and O–H groups in total. The fourth-order valence-electron chi connectivity index (χ4n) is 4.77. The number of H-pyrrole nitrogens is 1. The van der Waals surface area contributed by atoms with E-state index in [4.69, 9.17) is 24.9 Å². The molecule has 42 heavy (non-hydrogen) atoms. The summed E-state index contributed by atoms with van der Waals surface area (Å²) >= 11 is 0. The highest BCUT2D eigenvalue weighted by Crippen LogP contribution is 2.33. The van der Waals surface area contributed by atoms with E-state index in [1.807, 2.05) is 30.3 Å². The molecule has 0 fully saturated rings. The number of carbonyl (C=O) groups excluding carboxylic acids is 2. The number of ether oxygens (including phenoxy) is 3. The van der Waals surface area contributed by atoms with E-state index in [2.05, 4.69) is 4.98 Å². The normalized spacial score (nSPS) is 12.0. The van der Waals surface area contributed by atoms with Crippen LogP contribution in [-0.2, 0) is 19.0 Å². The third-order valence-electron chi connectivity index (χ3n) is 7.20. The first-order valence-electron chi connectivity index (χ1n) is 13.4. The van der Waals surface area contributed by atoms with Gasteiger partial charge in [0.05, 0.1) is 29.6 Å². The van der Waals surface area contributed by atoms with Crippen molar-refractivity contribution >= 4 is 39.9 Å². The zero-order valence-corrected chi connectivity index (χ0v) is 24.2. The number of rotatable bonds is 12. The highest BCUT2D eigenvalue weighted by molar-refractivity contribution is 6.22. The SMILES string of the molecule is COCCC(N)(CCOC)C(=O)N(C)c1ccc(N=C(c2ccccc2)c2c(O)[nH]c3cc(C(=O)OC)ccc23)cc1. The summed E-state index contributed by atoms with van der Waals surface area (Å²) in [4.78, 5) is 34.9. The van der Waals surface area contributed by atoms with Crippen LogP contribution in [0.4, 0.5) is 11.4 Å². The number of carbonyl (C=O) groups is 2. The first-order valence-corrected chi connectivity index (χ1v) is 13.4. The minimum Gasteiger partial charge on any atom is -0.494 e. The number of aromatic nitrogens is 1. The topological polar surface area (TPSA) is 139 Å². The predicted molar refractivity (Wildman–Crippen MR) is 163 cm³/mol. The molecule has 4 aromatic rings. The predicted octanol–water partition coefficient (Wildman–Crippen LogP) is 4.56. The van der Waals surface area contributed by atoms with Gasteiger partial charge >= 0.3 is 5.97 Å². The van der Waals surface area contributed by atoms with Crippen molar-refractivity contribution in [1.82, 2.24) is 4.98 Å². The lowest BCUT2D eigenvalue weighted by atomic mass is 9.91. The Labute approximate surface area is 244 Å². The van der Waals surface area contributed by atoms with E-state index < -0.39 is 11.5 Å². The summed E-state index contributed by atoms with van der Waals surface area (Å²) < 4.78 is 15.2. The maximum Gasteiger partial charge on any atom is 0.337 e. The molecule has 1 amide bonds. The lowest BCUT2D eigenvalue weighted by molar-refractivity contribution is -0.124. The molecule has 1 heterocycles. The number of benzene rings is 3. The number of amides is 1. The van der Waals surface area contributed by atoms with Crippen molar-refractivity contribution in [1.29, 1.82) is 0 Å². The van der Waals surface area contributed by atoms with E-state index in [-0.39, 0.29) is 11.8 Å². The standard InChI is InChI=1S/C32H36N4O6/c1-36(31(39)32(33,16-18-40-2)17-19-41-3)24-13-11-23(12-14-24)34-28(21-8-6-5-7-9-21)27-25-15-10-22(30(38)42-4)20-26(25)35-29(27)37/h5-15,20,35,37H,16-19,33H2,1-4H3. The van der Waals surface area contributed by atoms with Crippen molar-refractivity contribution in [3.05, 3.63) is 89.5 Å². The van der Waals surface area contributed by atoms with Gasteiger partial charge in [0.15, 0.2) is 5.88 Å². The molecule has 1 aromatic heterocycles. The summed E-state index contributed by atoms with van der Waals surface area (Å²) in [7, 11) is 6.15. The number of hydrogen-bond donors (Lipinski definition) is 3.